The number of primary amides is 1. The number of hydrogen-bond acceptors (Lipinski definition) is 9. The molecule has 1 amide bonds. The van der Waals surface area contributed by atoms with E-state index in [0.717, 1.165) is 0 Å². The van der Waals surface area contributed by atoms with E-state index in [2.05, 4.69) is 12.8 Å². The number of allylic oxidation sites excluding steroid dienone is 1. The Balaban J connectivity index is 1.96. The summed E-state index contributed by atoms with van der Waals surface area (Å²) < 4.78 is 5.61. The molecule has 0 saturated heterocycles. The topological polar surface area (TPSA) is 166 Å². The van der Waals surface area contributed by atoms with Crippen LogP contribution in [0.4, 0.5) is 0 Å². The quantitative estimate of drug-likeness (QED) is 0.299. The SMILES string of the molecule is B=C1C(C(N)=O)=C(O)[C@@H](N(C)C)[C@@H]2C[C@@H]3Cc4c(OC)c(CNC)cc(O)c4C(=O)C3=C(O)[C@]12O. The second kappa shape index (κ2) is 8.51. The number of aromatic hydroxyl groups is 1. The Labute approximate surface area is 203 Å². The maximum atomic E-state index is 13.7. The molecule has 10 nitrogen and oxygen atoms in total. The van der Waals surface area contributed by atoms with Crippen molar-refractivity contribution in [3.8, 4) is 11.5 Å². The molecule has 11 heteroatoms. The van der Waals surface area contributed by atoms with Crippen molar-refractivity contribution in [1.82, 2.24) is 10.2 Å². The fraction of sp³-hybridized carbons (Fsp3) is 0.458. The maximum absolute atomic E-state index is 13.7. The van der Waals surface area contributed by atoms with E-state index >= 15 is 0 Å². The van der Waals surface area contributed by atoms with E-state index in [1.807, 2.05) is 0 Å². The molecule has 0 aromatic heterocycles. The number of carbonyl (C=O) groups excluding carboxylic acids is 2. The van der Waals surface area contributed by atoms with Crippen LogP contribution in [0.15, 0.2) is 28.7 Å². The zero-order valence-corrected chi connectivity index (χ0v) is 20.2. The Hall–Kier alpha value is -3.15. The van der Waals surface area contributed by atoms with E-state index in [9.17, 15) is 30.0 Å². The Kier molecular flexibility index (Phi) is 6.07. The van der Waals surface area contributed by atoms with Crippen LogP contribution in [0.1, 0.15) is 27.9 Å². The standard InChI is InChI=1S/C24H30BN3O7/c1-27-8-10-7-13(29)15-11(20(10)35-4)5-9-6-12-17(28(2)3)19(31)16(23(26)33)21(25)24(12,34)22(32)14(9)18(15)30/h7,9,12,17,25,27,29,31-32,34H,5-6,8H2,1-4H3,(H2,26,33)/t9-,12-,17-,24+/m0/s1. The molecule has 7 N–H and O–H groups in total. The number of Topliss-reactive ketones (excluding diaryl/α,β-unsaturated/α-hetero) is 1. The summed E-state index contributed by atoms with van der Waals surface area (Å²) in [5, 5.41) is 47.9. The molecule has 0 bridgehead atoms. The average molecular weight is 483 g/mol. The van der Waals surface area contributed by atoms with Gasteiger partial charge in [0.05, 0.1) is 0 Å². The second-order valence-electron chi connectivity index (χ2n) is 9.58. The van der Waals surface area contributed by atoms with Gasteiger partial charge in [-0.25, -0.2) is 0 Å². The van der Waals surface area contributed by atoms with E-state index < -0.39 is 40.9 Å². The van der Waals surface area contributed by atoms with Gasteiger partial charge in [0, 0.05) is 0 Å². The third-order valence-corrected chi connectivity index (χ3v) is 7.51. The van der Waals surface area contributed by atoms with Crippen LogP contribution in [0.3, 0.4) is 0 Å². The van der Waals surface area contributed by atoms with Crippen molar-refractivity contribution in [2.24, 2.45) is 17.6 Å². The van der Waals surface area contributed by atoms with Crippen LogP contribution < -0.4 is 15.8 Å². The minimum atomic E-state index is -2.21. The van der Waals surface area contributed by atoms with Gasteiger partial charge in [0.15, 0.2) is 0 Å². The summed E-state index contributed by atoms with van der Waals surface area (Å²) in [6, 6.07) is 0.567. The van der Waals surface area contributed by atoms with E-state index in [-0.39, 0.29) is 46.5 Å². The van der Waals surface area contributed by atoms with E-state index in [4.69, 9.17) is 10.5 Å². The number of fused-ring (bicyclic) bond motifs is 3. The Morgan fingerprint density at radius 1 is 1.34 bits per heavy atom. The fourth-order valence-corrected chi connectivity index (χ4v) is 6.10. The number of nitrogens with zero attached hydrogens (tertiary/aromatic N) is 1. The minimum absolute atomic E-state index is 0.000600. The molecule has 1 aromatic carbocycles. The van der Waals surface area contributed by atoms with E-state index in [1.165, 1.54) is 13.2 Å². The Morgan fingerprint density at radius 3 is 2.54 bits per heavy atom. The number of carbonyl (C=O) groups is 2. The molecule has 0 aliphatic heterocycles. The average Bonchev–Trinajstić information content (AvgIpc) is 2.76. The molecule has 3 aliphatic carbocycles. The number of rotatable bonds is 5. The molecule has 186 valence electrons. The molecule has 0 radical (unpaired) electrons. The van der Waals surface area contributed by atoms with Gasteiger partial charge in [0.25, 0.3) is 0 Å². The summed E-state index contributed by atoms with van der Waals surface area (Å²) in [6.45, 7) is 0.399. The molecule has 0 spiro atoms. The van der Waals surface area contributed by atoms with Crippen molar-refractivity contribution < 1.29 is 34.8 Å². The van der Waals surface area contributed by atoms with Crippen molar-refractivity contribution in [1.29, 1.82) is 0 Å². The molecule has 4 atom stereocenters. The number of phenols is 1. The number of aliphatic hydroxyl groups is 3. The van der Waals surface area contributed by atoms with Crippen LogP contribution in [0, 0.1) is 11.8 Å². The third kappa shape index (κ3) is 3.33. The molecular formula is C24H30BN3O7. The van der Waals surface area contributed by atoms with Crippen LogP contribution in [-0.2, 0) is 17.8 Å². The van der Waals surface area contributed by atoms with Gasteiger partial charge in [-0.2, -0.15) is 0 Å². The van der Waals surface area contributed by atoms with Gasteiger partial charge in [-0.3, -0.25) is 0 Å². The monoisotopic (exact) mass is 483 g/mol. The summed E-state index contributed by atoms with van der Waals surface area (Å²) in [4.78, 5) is 27.5. The number of amides is 1. The number of ether oxygens (including phenoxy) is 1. The molecule has 0 unspecified atom stereocenters. The number of ketones is 1. The van der Waals surface area contributed by atoms with Gasteiger partial charge in [0.1, 0.15) is 0 Å². The molecule has 3 aliphatic rings. The second-order valence-corrected chi connectivity index (χ2v) is 9.58. The summed E-state index contributed by atoms with van der Waals surface area (Å²) >= 11 is 0. The van der Waals surface area contributed by atoms with Gasteiger partial charge in [0.2, 0.25) is 0 Å². The number of phenolic OH excluding ortho intramolecular Hbond substituents is 1. The first-order valence-electron chi connectivity index (χ1n) is 11.3. The van der Waals surface area contributed by atoms with E-state index in [0.29, 0.717) is 23.4 Å². The van der Waals surface area contributed by atoms with Gasteiger partial charge in [-0.15, -0.1) is 0 Å². The molecule has 0 saturated carbocycles. The van der Waals surface area contributed by atoms with Gasteiger partial charge >= 0.3 is 203 Å². The van der Waals surface area contributed by atoms with Crippen LogP contribution in [-0.4, -0.2) is 89.9 Å². The molecular weight excluding hydrogens is 453 g/mol. The number of nitrogens with two attached hydrogens (primary N) is 1. The van der Waals surface area contributed by atoms with Gasteiger partial charge in [-0.05, 0) is 0 Å². The van der Waals surface area contributed by atoms with Crippen molar-refractivity contribution >= 4 is 24.6 Å². The molecule has 0 heterocycles. The van der Waals surface area contributed by atoms with Gasteiger partial charge < -0.3 is 0 Å². The Bertz CT molecular complexity index is 1220. The van der Waals surface area contributed by atoms with E-state index in [1.54, 1.807) is 26.0 Å². The normalized spacial score (nSPS) is 28.1. The number of hydrogen-bond donors (Lipinski definition) is 6. The number of aliphatic hydroxyl groups excluding tert-OH is 2. The summed E-state index contributed by atoms with van der Waals surface area (Å²) in [5.74, 6) is -3.80. The van der Waals surface area contributed by atoms with Crippen LogP contribution in [0.25, 0.3) is 0 Å². The predicted molar refractivity (Wildman–Crippen MR) is 130 cm³/mol. The number of benzene rings is 1. The first-order valence-corrected chi connectivity index (χ1v) is 11.3. The molecule has 0 fully saturated rings. The van der Waals surface area contributed by atoms with Gasteiger partial charge in [-0.1, -0.05) is 0 Å². The Morgan fingerprint density at radius 2 is 2.00 bits per heavy atom. The van der Waals surface area contributed by atoms with Crippen molar-refractivity contribution in [2.75, 3.05) is 28.3 Å². The summed E-state index contributed by atoms with van der Waals surface area (Å²) in [7, 11) is 10.3. The summed E-state index contributed by atoms with van der Waals surface area (Å²) in [5.41, 5.74) is 3.77. The van der Waals surface area contributed by atoms with Crippen molar-refractivity contribution in [3.05, 3.63) is 45.4 Å². The molecule has 1 aromatic rings. The fourth-order valence-electron chi connectivity index (χ4n) is 6.10. The molecule has 35 heavy (non-hydrogen) atoms. The summed E-state index contributed by atoms with van der Waals surface area (Å²) in [6.07, 6.45) is 0.431. The van der Waals surface area contributed by atoms with Crippen LogP contribution in [0.2, 0.25) is 0 Å². The number of likely N-dealkylation sites (N-methyl/N-ethyl adjacent to an activating group) is 1. The first-order chi connectivity index (χ1) is 16.4. The third-order valence-electron chi connectivity index (χ3n) is 7.51. The van der Waals surface area contributed by atoms with Crippen LogP contribution >= 0.6 is 0 Å². The predicted octanol–water partition coefficient (Wildman–Crippen LogP) is -0.647. The molecule has 4 rings (SSSR count). The van der Waals surface area contributed by atoms with Crippen molar-refractivity contribution in [3.63, 3.8) is 0 Å². The zero-order valence-electron chi connectivity index (χ0n) is 20.2. The zero-order chi connectivity index (χ0) is 26.0. The number of methoxy groups -OCH3 is 1. The van der Waals surface area contributed by atoms with Crippen molar-refractivity contribution in [2.45, 2.75) is 31.0 Å². The van der Waals surface area contributed by atoms with Crippen LogP contribution in [0.5, 0.6) is 11.5 Å². The first kappa shape index (κ1) is 25.0. The number of nitrogens with one attached hydrogen (secondary N) is 1.